The van der Waals surface area contributed by atoms with Crippen molar-refractivity contribution < 1.29 is 0 Å². The molecule has 1 fully saturated rings. The molecule has 2 heterocycles. The Morgan fingerprint density at radius 3 is 2.63 bits per heavy atom. The number of para-hydroxylation sites is 1. The Morgan fingerprint density at radius 1 is 1.05 bits per heavy atom. The molecule has 5 nitrogen and oxygen atoms in total. The van der Waals surface area contributed by atoms with E-state index in [2.05, 4.69) is 25.5 Å². The fraction of sp³-hybridized carbons (Fsp3) is 0.286. The van der Waals surface area contributed by atoms with E-state index in [1.54, 1.807) is 6.33 Å². The van der Waals surface area contributed by atoms with E-state index in [0.717, 1.165) is 43.5 Å². The van der Waals surface area contributed by atoms with Crippen LogP contribution in [0.25, 0.3) is 0 Å². The first kappa shape index (κ1) is 11.9. The van der Waals surface area contributed by atoms with Gasteiger partial charge in [-0.15, -0.1) is 0 Å². The largest absolute Gasteiger partial charge is 0.354 e. The molecule has 98 valence electrons. The summed E-state index contributed by atoms with van der Waals surface area (Å²) in [5.74, 6) is 1.81. The quantitative estimate of drug-likeness (QED) is 0.873. The summed E-state index contributed by atoms with van der Waals surface area (Å²) in [6, 6.07) is 12.0. The van der Waals surface area contributed by atoms with Crippen LogP contribution in [0.4, 0.5) is 17.3 Å². The van der Waals surface area contributed by atoms with Crippen LogP contribution in [0.2, 0.25) is 0 Å². The molecule has 1 aromatic heterocycles. The second kappa shape index (κ2) is 5.67. The van der Waals surface area contributed by atoms with Crippen molar-refractivity contribution in [3.63, 3.8) is 0 Å². The van der Waals surface area contributed by atoms with Crippen LogP contribution in [0.1, 0.15) is 0 Å². The summed E-state index contributed by atoms with van der Waals surface area (Å²) in [6.45, 7) is 3.99. The van der Waals surface area contributed by atoms with Crippen LogP contribution >= 0.6 is 0 Å². The molecule has 1 saturated heterocycles. The van der Waals surface area contributed by atoms with E-state index in [4.69, 9.17) is 0 Å². The zero-order valence-corrected chi connectivity index (χ0v) is 10.7. The molecule has 0 atom stereocenters. The number of hydrogen-bond acceptors (Lipinski definition) is 5. The Balaban J connectivity index is 1.76. The summed E-state index contributed by atoms with van der Waals surface area (Å²) in [5.41, 5.74) is 1.03. The SMILES string of the molecule is c1ccc(Nc2cc(N3CCNCC3)ncn2)cc1. The van der Waals surface area contributed by atoms with Crippen LogP contribution in [0.5, 0.6) is 0 Å². The predicted octanol–water partition coefficient (Wildman–Crippen LogP) is 1.63. The molecule has 0 unspecified atom stereocenters. The summed E-state index contributed by atoms with van der Waals surface area (Å²) in [7, 11) is 0. The summed E-state index contributed by atoms with van der Waals surface area (Å²) >= 11 is 0. The summed E-state index contributed by atoms with van der Waals surface area (Å²) < 4.78 is 0. The highest BCUT2D eigenvalue weighted by Crippen LogP contribution is 2.18. The van der Waals surface area contributed by atoms with Gasteiger partial charge in [0.2, 0.25) is 0 Å². The highest BCUT2D eigenvalue weighted by molar-refractivity contribution is 5.59. The Morgan fingerprint density at radius 2 is 1.84 bits per heavy atom. The van der Waals surface area contributed by atoms with Crippen LogP contribution in [-0.2, 0) is 0 Å². The van der Waals surface area contributed by atoms with Crippen molar-refractivity contribution in [1.29, 1.82) is 0 Å². The number of nitrogens with one attached hydrogen (secondary N) is 2. The predicted molar refractivity (Wildman–Crippen MR) is 76.8 cm³/mol. The summed E-state index contributed by atoms with van der Waals surface area (Å²) in [6.07, 6.45) is 1.61. The van der Waals surface area contributed by atoms with E-state index >= 15 is 0 Å². The van der Waals surface area contributed by atoms with Gasteiger partial charge in [-0.1, -0.05) is 18.2 Å². The fourth-order valence-electron chi connectivity index (χ4n) is 2.15. The third kappa shape index (κ3) is 3.00. The molecule has 0 radical (unpaired) electrons. The second-order valence-electron chi connectivity index (χ2n) is 4.49. The minimum absolute atomic E-state index is 0.828. The smallest absolute Gasteiger partial charge is 0.135 e. The maximum Gasteiger partial charge on any atom is 0.135 e. The van der Waals surface area contributed by atoms with Crippen molar-refractivity contribution in [1.82, 2.24) is 15.3 Å². The molecule has 0 bridgehead atoms. The average Bonchev–Trinajstić information content (AvgIpc) is 2.49. The van der Waals surface area contributed by atoms with E-state index in [-0.39, 0.29) is 0 Å². The standard InChI is InChI=1S/C14H17N5/c1-2-4-12(5-3-1)18-13-10-14(17-11-16-13)19-8-6-15-7-9-19/h1-5,10-11,15H,6-9H2,(H,16,17,18). The van der Waals surface area contributed by atoms with Crippen molar-refractivity contribution >= 4 is 17.3 Å². The minimum Gasteiger partial charge on any atom is -0.354 e. The normalized spacial score (nSPS) is 15.3. The van der Waals surface area contributed by atoms with Crippen molar-refractivity contribution in [2.75, 3.05) is 36.4 Å². The molecule has 2 N–H and O–H groups in total. The lowest BCUT2D eigenvalue weighted by molar-refractivity contribution is 0.584. The van der Waals surface area contributed by atoms with Crippen molar-refractivity contribution in [2.45, 2.75) is 0 Å². The maximum atomic E-state index is 4.35. The third-order valence-electron chi connectivity index (χ3n) is 3.14. The van der Waals surface area contributed by atoms with E-state index in [0.29, 0.717) is 0 Å². The van der Waals surface area contributed by atoms with Crippen molar-refractivity contribution in [2.24, 2.45) is 0 Å². The molecule has 3 rings (SSSR count). The van der Waals surface area contributed by atoms with Crippen LogP contribution in [0.15, 0.2) is 42.7 Å². The van der Waals surface area contributed by atoms with Gasteiger partial charge in [0.15, 0.2) is 0 Å². The second-order valence-corrected chi connectivity index (χ2v) is 4.49. The molecule has 0 amide bonds. The Bertz CT molecular complexity index is 522. The molecule has 19 heavy (non-hydrogen) atoms. The van der Waals surface area contributed by atoms with Gasteiger partial charge in [-0.3, -0.25) is 0 Å². The van der Waals surface area contributed by atoms with Gasteiger partial charge >= 0.3 is 0 Å². The lowest BCUT2D eigenvalue weighted by Crippen LogP contribution is -2.43. The number of nitrogens with zero attached hydrogens (tertiary/aromatic N) is 3. The van der Waals surface area contributed by atoms with E-state index < -0.39 is 0 Å². The first-order valence-corrected chi connectivity index (χ1v) is 6.51. The van der Waals surface area contributed by atoms with Crippen molar-refractivity contribution in [3.05, 3.63) is 42.7 Å². The van der Waals surface area contributed by atoms with Gasteiger partial charge in [0.05, 0.1) is 0 Å². The Kier molecular flexibility index (Phi) is 3.56. The number of aromatic nitrogens is 2. The van der Waals surface area contributed by atoms with Gasteiger partial charge < -0.3 is 15.5 Å². The van der Waals surface area contributed by atoms with Crippen LogP contribution in [-0.4, -0.2) is 36.1 Å². The lowest BCUT2D eigenvalue weighted by Gasteiger charge is -2.28. The molecule has 1 aliphatic heterocycles. The van der Waals surface area contributed by atoms with E-state index in [1.165, 1.54) is 0 Å². The zero-order valence-electron chi connectivity index (χ0n) is 10.7. The van der Waals surface area contributed by atoms with Crippen LogP contribution in [0.3, 0.4) is 0 Å². The first-order valence-electron chi connectivity index (χ1n) is 6.51. The number of rotatable bonds is 3. The Labute approximate surface area is 112 Å². The highest BCUT2D eigenvalue weighted by Gasteiger charge is 2.12. The Hall–Kier alpha value is -2.14. The minimum atomic E-state index is 0.828. The fourth-order valence-corrected chi connectivity index (χ4v) is 2.15. The number of hydrogen-bond donors (Lipinski definition) is 2. The summed E-state index contributed by atoms with van der Waals surface area (Å²) in [5, 5.41) is 6.63. The van der Waals surface area contributed by atoms with E-state index in [9.17, 15) is 0 Å². The molecule has 1 aromatic carbocycles. The van der Waals surface area contributed by atoms with E-state index in [1.807, 2.05) is 36.4 Å². The van der Waals surface area contributed by atoms with Gasteiger partial charge in [0.1, 0.15) is 18.0 Å². The van der Waals surface area contributed by atoms with Gasteiger partial charge in [0.25, 0.3) is 0 Å². The average molecular weight is 255 g/mol. The van der Waals surface area contributed by atoms with Crippen LogP contribution in [0, 0.1) is 0 Å². The highest BCUT2D eigenvalue weighted by atomic mass is 15.2. The van der Waals surface area contributed by atoms with Gasteiger partial charge in [-0.2, -0.15) is 0 Å². The number of piperazine rings is 1. The molecule has 1 aliphatic rings. The maximum absolute atomic E-state index is 4.35. The van der Waals surface area contributed by atoms with Crippen LogP contribution < -0.4 is 15.5 Å². The third-order valence-corrected chi connectivity index (χ3v) is 3.14. The molecule has 5 heteroatoms. The first-order chi connectivity index (χ1) is 9.42. The monoisotopic (exact) mass is 255 g/mol. The molecular formula is C14H17N5. The topological polar surface area (TPSA) is 53.1 Å². The number of benzene rings is 1. The zero-order chi connectivity index (χ0) is 12.9. The van der Waals surface area contributed by atoms with Gasteiger partial charge in [-0.05, 0) is 12.1 Å². The lowest BCUT2D eigenvalue weighted by atomic mass is 10.3. The van der Waals surface area contributed by atoms with Gasteiger partial charge in [-0.25, -0.2) is 9.97 Å². The summed E-state index contributed by atoms with van der Waals surface area (Å²) in [4.78, 5) is 10.9. The number of anilines is 3. The van der Waals surface area contributed by atoms with Gasteiger partial charge in [0, 0.05) is 37.9 Å². The molecule has 0 saturated carbocycles. The molecule has 2 aromatic rings. The molecular weight excluding hydrogens is 238 g/mol. The van der Waals surface area contributed by atoms with Crippen molar-refractivity contribution in [3.8, 4) is 0 Å². The molecule has 0 aliphatic carbocycles. The molecule has 0 spiro atoms.